The maximum Gasteiger partial charge on any atom is 0.417 e. The number of carbonyl (C=O) groups is 2. The zero-order chi connectivity index (χ0) is 31.3. The average Bonchev–Trinajstić information content (AvgIpc) is 3.50. The van der Waals surface area contributed by atoms with Crippen LogP contribution < -0.4 is 15.5 Å². The number of carbonyl (C=O) groups excluding carboxylic acids is 2. The highest BCUT2D eigenvalue weighted by Gasteiger charge is 2.36. The normalized spacial score (nSPS) is 16.6. The van der Waals surface area contributed by atoms with Crippen molar-refractivity contribution in [1.82, 2.24) is 35.1 Å². The minimum atomic E-state index is -4.73. The van der Waals surface area contributed by atoms with Gasteiger partial charge in [0.15, 0.2) is 5.69 Å². The Morgan fingerprint density at radius 2 is 1.77 bits per heavy atom. The van der Waals surface area contributed by atoms with Crippen LogP contribution in [0.25, 0.3) is 5.69 Å². The molecular formula is C29H36F3N9O3. The van der Waals surface area contributed by atoms with Crippen LogP contribution in [0.1, 0.15) is 38.5 Å². The predicted octanol–water partition coefficient (Wildman–Crippen LogP) is 2.45. The molecule has 3 aromatic rings. The summed E-state index contributed by atoms with van der Waals surface area (Å²) in [6.45, 7) is 8.85. The molecule has 4 heterocycles. The van der Waals surface area contributed by atoms with Crippen LogP contribution in [0.3, 0.4) is 0 Å². The third-order valence-corrected chi connectivity index (χ3v) is 7.69. The number of pyridine rings is 1. The van der Waals surface area contributed by atoms with E-state index in [1.807, 2.05) is 7.05 Å². The molecule has 2 fully saturated rings. The van der Waals surface area contributed by atoms with Gasteiger partial charge in [-0.1, -0.05) is 5.21 Å². The summed E-state index contributed by atoms with van der Waals surface area (Å²) in [6, 6.07) is 6.01. The molecule has 44 heavy (non-hydrogen) atoms. The van der Waals surface area contributed by atoms with Crippen LogP contribution in [-0.2, 0) is 10.9 Å². The maximum absolute atomic E-state index is 13.8. The maximum atomic E-state index is 13.8. The van der Waals surface area contributed by atoms with E-state index in [2.05, 4.69) is 40.6 Å². The average molecular weight is 616 g/mol. The van der Waals surface area contributed by atoms with Gasteiger partial charge < -0.3 is 25.2 Å². The fraction of sp³-hybridized carbons (Fsp3) is 0.483. The monoisotopic (exact) mass is 615 g/mol. The van der Waals surface area contributed by atoms with Gasteiger partial charge in [-0.05, 0) is 51.2 Å². The second-order valence-corrected chi connectivity index (χ2v) is 10.9. The molecule has 2 aliphatic heterocycles. The van der Waals surface area contributed by atoms with E-state index in [1.165, 1.54) is 17.8 Å². The molecule has 236 valence electrons. The molecule has 12 nitrogen and oxygen atoms in total. The molecule has 5 rings (SSSR count). The van der Waals surface area contributed by atoms with Gasteiger partial charge in [0.05, 0.1) is 47.6 Å². The fourth-order valence-corrected chi connectivity index (χ4v) is 5.17. The van der Waals surface area contributed by atoms with Crippen molar-refractivity contribution in [3.63, 3.8) is 0 Å². The quantitative estimate of drug-likeness (QED) is 0.350. The summed E-state index contributed by atoms with van der Waals surface area (Å²) in [7, 11) is 2.01. The molecule has 2 amide bonds. The van der Waals surface area contributed by atoms with Gasteiger partial charge in [0.2, 0.25) is 0 Å². The number of amides is 2. The van der Waals surface area contributed by atoms with E-state index in [-0.39, 0.29) is 17.3 Å². The van der Waals surface area contributed by atoms with Crippen LogP contribution in [0.4, 0.5) is 24.5 Å². The number of rotatable bonds is 9. The van der Waals surface area contributed by atoms with Crippen molar-refractivity contribution in [2.75, 3.05) is 82.8 Å². The molecule has 0 atom stereocenters. The van der Waals surface area contributed by atoms with Crippen molar-refractivity contribution in [2.24, 2.45) is 0 Å². The topological polar surface area (TPSA) is 121 Å². The largest absolute Gasteiger partial charge is 0.417 e. The lowest BCUT2D eigenvalue weighted by molar-refractivity contribution is -0.138. The summed E-state index contributed by atoms with van der Waals surface area (Å²) in [4.78, 5) is 36.4. The number of likely N-dealkylation sites (N-methyl/N-ethyl adjacent to an activating group) is 1. The summed E-state index contributed by atoms with van der Waals surface area (Å²) in [5.41, 5.74) is 0.0540. The van der Waals surface area contributed by atoms with Gasteiger partial charge >= 0.3 is 6.18 Å². The molecule has 2 N–H and O–H groups in total. The van der Waals surface area contributed by atoms with Crippen LogP contribution in [0.5, 0.6) is 0 Å². The van der Waals surface area contributed by atoms with Gasteiger partial charge in [0.1, 0.15) is 0 Å². The van der Waals surface area contributed by atoms with Crippen molar-refractivity contribution in [3.8, 4) is 5.69 Å². The zero-order valence-corrected chi connectivity index (χ0v) is 24.7. The predicted molar refractivity (Wildman–Crippen MR) is 157 cm³/mol. The molecule has 0 saturated carbocycles. The number of ether oxygens (including phenoxy) is 1. The van der Waals surface area contributed by atoms with E-state index in [0.717, 1.165) is 64.6 Å². The number of hydrogen-bond donors (Lipinski definition) is 2. The van der Waals surface area contributed by atoms with Gasteiger partial charge in [0.25, 0.3) is 11.8 Å². The second-order valence-electron chi connectivity index (χ2n) is 10.9. The molecule has 0 aliphatic carbocycles. The number of morpholine rings is 1. The summed E-state index contributed by atoms with van der Waals surface area (Å²) in [5.74, 6) is -1.31. The van der Waals surface area contributed by atoms with Crippen molar-refractivity contribution in [3.05, 3.63) is 59.2 Å². The first-order chi connectivity index (χ1) is 21.1. The highest BCUT2D eigenvalue weighted by molar-refractivity contribution is 6.07. The first-order valence-electron chi connectivity index (χ1n) is 14.5. The number of alkyl halides is 3. The first-order valence-corrected chi connectivity index (χ1v) is 14.5. The molecule has 0 radical (unpaired) electrons. The van der Waals surface area contributed by atoms with Crippen LogP contribution in [0.15, 0.2) is 36.7 Å². The van der Waals surface area contributed by atoms with Gasteiger partial charge in [-0.15, -0.1) is 5.10 Å². The Labute approximate surface area is 253 Å². The van der Waals surface area contributed by atoms with Gasteiger partial charge in [0, 0.05) is 57.7 Å². The lowest BCUT2D eigenvalue weighted by Crippen LogP contribution is -2.44. The number of halogens is 3. The van der Waals surface area contributed by atoms with E-state index in [1.54, 1.807) is 18.2 Å². The van der Waals surface area contributed by atoms with Gasteiger partial charge in [-0.3, -0.25) is 19.5 Å². The van der Waals surface area contributed by atoms with Gasteiger partial charge in [-0.25, -0.2) is 4.68 Å². The van der Waals surface area contributed by atoms with Crippen LogP contribution >= 0.6 is 0 Å². The summed E-state index contributed by atoms with van der Waals surface area (Å²) in [6.07, 6.45) is -1.54. The minimum absolute atomic E-state index is 0.116. The number of nitrogens with one attached hydrogen (secondary N) is 2. The Bertz CT molecular complexity index is 1470. The van der Waals surface area contributed by atoms with Crippen LogP contribution in [-0.4, -0.2) is 114 Å². The SMILES string of the molecule is Cc1cc(C(F)(F)F)c(C(=O)Nc2cc(-n3cc(C(=O)NCCCN4CCOCC4)nn3)ccc2N2CCN(C)CC2)cn1. The minimum Gasteiger partial charge on any atom is -0.379 e. The standard InChI is InChI=1S/C29H36F3N9O3/c1-20-16-23(29(30,31)32)22(18-34-20)27(42)35-24-17-21(4-5-26(24)40-10-8-38(2)9-11-40)41-19-25(36-37-41)28(43)33-6-3-7-39-12-14-44-15-13-39/h4-5,16-19H,3,6-15H2,1-2H3,(H,33,43)(H,35,42). The Morgan fingerprint density at radius 1 is 1.02 bits per heavy atom. The van der Waals surface area contributed by atoms with Crippen LogP contribution in [0.2, 0.25) is 0 Å². The highest BCUT2D eigenvalue weighted by Crippen LogP contribution is 2.34. The third kappa shape index (κ3) is 7.70. The molecule has 1 aromatic carbocycles. The van der Waals surface area contributed by atoms with Crippen LogP contribution in [0, 0.1) is 6.92 Å². The summed E-state index contributed by atoms with van der Waals surface area (Å²) >= 11 is 0. The van der Waals surface area contributed by atoms with E-state index in [9.17, 15) is 22.8 Å². The second kappa shape index (κ2) is 13.7. The Kier molecular flexibility index (Phi) is 9.76. The molecule has 2 aromatic heterocycles. The van der Waals surface area contributed by atoms with E-state index in [4.69, 9.17) is 4.74 Å². The van der Waals surface area contributed by atoms with Crippen molar-refractivity contribution in [1.29, 1.82) is 0 Å². The zero-order valence-electron chi connectivity index (χ0n) is 24.7. The van der Waals surface area contributed by atoms with Crippen molar-refractivity contribution >= 4 is 23.2 Å². The van der Waals surface area contributed by atoms with Crippen molar-refractivity contribution < 1.29 is 27.5 Å². The number of piperazine rings is 1. The number of benzene rings is 1. The van der Waals surface area contributed by atoms with Gasteiger partial charge in [-0.2, -0.15) is 13.2 Å². The highest BCUT2D eigenvalue weighted by atomic mass is 19.4. The molecule has 15 heteroatoms. The lowest BCUT2D eigenvalue weighted by Gasteiger charge is -2.35. The van der Waals surface area contributed by atoms with E-state index >= 15 is 0 Å². The summed E-state index contributed by atoms with van der Waals surface area (Å²) in [5, 5.41) is 13.6. The Hall–Kier alpha value is -4.08. The molecule has 0 bridgehead atoms. The third-order valence-electron chi connectivity index (χ3n) is 7.69. The van der Waals surface area contributed by atoms with E-state index in [0.29, 0.717) is 36.7 Å². The van der Waals surface area contributed by atoms with E-state index < -0.39 is 23.2 Å². The van der Waals surface area contributed by atoms with Crippen molar-refractivity contribution in [2.45, 2.75) is 19.5 Å². The summed E-state index contributed by atoms with van der Waals surface area (Å²) < 4.78 is 48.1. The Balaban J connectivity index is 1.34. The number of nitrogens with zero attached hydrogens (tertiary/aromatic N) is 7. The molecule has 0 unspecified atom stereocenters. The molecular weight excluding hydrogens is 579 g/mol. The Morgan fingerprint density at radius 3 is 2.50 bits per heavy atom. The molecule has 0 spiro atoms. The fourth-order valence-electron chi connectivity index (χ4n) is 5.17. The lowest BCUT2D eigenvalue weighted by atomic mass is 10.1. The number of hydrogen-bond acceptors (Lipinski definition) is 9. The number of aryl methyl sites for hydroxylation is 1. The first kappa shape index (κ1) is 31.3. The number of anilines is 2. The molecule has 2 aliphatic rings. The smallest absolute Gasteiger partial charge is 0.379 e. The molecule has 2 saturated heterocycles. The number of aromatic nitrogens is 4.